The van der Waals surface area contributed by atoms with Crippen molar-refractivity contribution in [3.8, 4) is 5.75 Å². The molecule has 2 heterocycles. The number of aryl methyl sites for hydroxylation is 1. The molecule has 1 aromatic heterocycles. The maximum Gasteiger partial charge on any atom is 0.313 e. The summed E-state index contributed by atoms with van der Waals surface area (Å²) < 4.78 is 11.6. The second-order valence-electron chi connectivity index (χ2n) is 9.26. The Morgan fingerprint density at radius 2 is 2.06 bits per heavy atom. The lowest BCUT2D eigenvalue weighted by Crippen LogP contribution is -2.50. The van der Waals surface area contributed by atoms with Crippen LogP contribution in [0.15, 0.2) is 36.5 Å². The number of anilines is 2. The number of benzene rings is 1. The predicted molar refractivity (Wildman–Crippen MR) is 136 cm³/mol. The van der Waals surface area contributed by atoms with Gasteiger partial charge in [-0.25, -0.2) is 4.98 Å². The Hall–Kier alpha value is -3.17. The molecule has 0 aliphatic carbocycles. The van der Waals surface area contributed by atoms with Gasteiger partial charge in [0.1, 0.15) is 18.2 Å². The molecule has 3 N–H and O–H groups in total. The van der Waals surface area contributed by atoms with Gasteiger partial charge < -0.3 is 30.3 Å². The van der Waals surface area contributed by atoms with Crippen LogP contribution < -0.4 is 15.8 Å². The van der Waals surface area contributed by atoms with E-state index in [1.165, 1.54) is 6.20 Å². The summed E-state index contributed by atoms with van der Waals surface area (Å²) in [5.74, 6) is -0.0680. The molecule has 9 nitrogen and oxygen atoms in total. The van der Waals surface area contributed by atoms with Crippen molar-refractivity contribution in [1.82, 2.24) is 14.8 Å². The van der Waals surface area contributed by atoms with Crippen LogP contribution in [0, 0.1) is 5.92 Å². The van der Waals surface area contributed by atoms with Crippen LogP contribution in [0.1, 0.15) is 37.4 Å². The number of carbonyl (C=O) groups excluding carboxylic acids is 2. The summed E-state index contributed by atoms with van der Waals surface area (Å²) in [6.45, 7) is 5.73. The van der Waals surface area contributed by atoms with Crippen molar-refractivity contribution < 1.29 is 19.1 Å². The van der Waals surface area contributed by atoms with E-state index < -0.39 is 11.8 Å². The Balaban J connectivity index is 1.81. The van der Waals surface area contributed by atoms with E-state index in [-0.39, 0.29) is 18.1 Å². The lowest BCUT2D eigenvalue weighted by molar-refractivity contribution is -0.149. The minimum absolute atomic E-state index is 0.0289. The smallest absolute Gasteiger partial charge is 0.313 e. The number of ether oxygens (including phenoxy) is 2. The molecule has 2 aromatic rings. The Morgan fingerprint density at radius 1 is 1.29 bits per heavy atom. The molecular formula is C26H37N5O4. The van der Waals surface area contributed by atoms with Crippen LogP contribution in [0.3, 0.4) is 0 Å². The third-order valence-electron chi connectivity index (χ3n) is 6.40. The molecule has 1 fully saturated rings. The van der Waals surface area contributed by atoms with Crippen molar-refractivity contribution in [2.24, 2.45) is 5.92 Å². The summed E-state index contributed by atoms with van der Waals surface area (Å²) in [4.78, 5) is 34.2. The third kappa shape index (κ3) is 6.70. The van der Waals surface area contributed by atoms with E-state index in [0.29, 0.717) is 37.5 Å². The zero-order valence-electron chi connectivity index (χ0n) is 21.3. The zero-order chi connectivity index (χ0) is 25.5. The van der Waals surface area contributed by atoms with E-state index >= 15 is 0 Å². The van der Waals surface area contributed by atoms with Crippen LogP contribution in [-0.2, 0) is 20.7 Å². The number of nitrogen functional groups attached to an aromatic ring is 1. The van der Waals surface area contributed by atoms with Crippen molar-refractivity contribution in [3.63, 3.8) is 0 Å². The highest BCUT2D eigenvalue weighted by atomic mass is 16.5. The molecular weight excluding hydrogens is 446 g/mol. The second kappa shape index (κ2) is 12.0. The highest BCUT2D eigenvalue weighted by molar-refractivity contribution is 6.39. The van der Waals surface area contributed by atoms with Gasteiger partial charge in [-0.1, -0.05) is 26.0 Å². The number of nitrogens with two attached hydrogens (primary N) is 1. The van der Waals surface area contributed by atoms with Crippen molar-refractivity contribution >= 4 is 23.3 Å². The molecule has 3 rings (SSSR count). The molecule has 1 saturated heterocycles. The first-order chi connectivity index (χ1) is 16.7. The molecule has 1 aliphatic rings. The minimum Gasteiger partial charge on any atom is -0.492 e. The van der Waals surface area contributed by atoms with Gasteiger partial charge in [0.2, 0.25) is 0 Å². The first-order valence-electron chi connectivity index (χ1n) is 12.0. The van der Waals surface area contributed by atoms with Crippen LogP contribution >= 0.6 is 0 Å². The number of hydrogen-bond donors (Lipinski definition) is 2. The number of piperidine rings is 1. The predicted octanol–water partition coefficient (Wildman–Crippen LogP) is 2.73. The maximum absolute atomic E-state index is 13.4. The van der Waals surface area contributed by atoms with Gasteiger partial charge in [-0.2, -0.15) is 0 Å². The number of likely N-dealkylation sites (N-methyl/N-ethyl adjacent to an activating group) is 1. The molecule has 0 saturated carbocycles. The van der Waals surface area contributed by atoms with Gasteiger partial charge in [-0.15, -0.1) is 0 Å². The third-order valence-corrected chi connectivity index (χ3v) is 6.40. The Kier molecular flexibility index (Phi) is 9.06. The monoisotopic (exact) mass is 483 g/mol. The fraction of sp³-hybridized carbons (Fsp3) is 0.500. The van der Waals surface area contributed by atoms with Gasteiger partial charge in [0, 0.05) is 26.1 Å². The Morgan fingerprint density at radius 3 is 2.74 bits per heavy atom. The van der Waals surface area contributed by atoms with E-state index in [1.54, 1.807) is 18.1 Å². The van der Waals surface area contributed by atoms with Crippen molar-refractivity contribution in [3.05, 3.63) is 47.7 Å². The molecule has 9 heteroatoms. The fourth-order valence-electron chi connectivity index (χ4n) is 4.35. The molecule has 0 bridgehead atoms. The highest BCUT2D eigenvalue weighted by Gasteiger charge is 2.39. The largest absolute Gasteiger partial charge is 0.492 e. The number of rotatable bonds is 8. The van der Waals surface area contributed by atoms with Crippen LogP contribution in [0.5, 0.6) is 5.75 Å². The number of amides is 2. The molecule has 0 radical (unpaired) electrons. The quantitative estimate of drug-likeness (QED) is 0.556. The standard InChI is InChI=1S/C26H37N5O4/c1-6-18-12-20(15-28-24(18)27)29-25(32)26(33)31-16-17(2)23(34-5)14-22(31)19-8-7-9-21(13-19)35-11-10-30(3)4/h7-9,12-13,15,17,22-23H,6,10-11,14,16H2,1-5H3,(H2,27,28)(H,29,32). The number of methoxy groups -OCH3 is 1. The number of carbonyl (C=O) groups is 2. The summed E-state index contributed by atoms with van der Waals surface area (Å²) in [5, 5.41) is 2.69. The summed E-state index contributed by atoms with van der Waals surface area (Å²) in [6, 6.07) is 9.15. The van der Waals surface area contributed by atoms with Gasteiger partial charge in [-0.05, 0) is 56.3 Å². The normalized spacial score (nSPS) is 20.1. The van der Waals surface area contributed by atoms with Gasteiger partial charge in [0.15, 0.2) is 0 Å². The van der Waals surface area contributed by atoms with E-state index in [4.69, 9.17) is 15.2 Å². The number of likely N-dealkylation sites (tertiary alicyclic amines) is 1. The minimum atomic E-state index is -0.704. The highest BCUT2D eigenvalue weighted by Crippen LogP contribution is 2.36. The molecule has 2 amide bonds. The number of hydrogen-bond acceptors (Lipinski definition) is 7. The fourth-order valence-corrected chi connectivity index (χ4v) is 4.35. The first-order valence-corrected chi connectivity index (χ1v) is 12.0. The number of aromatic nitrogens is 1. The summed E-state index contributed by atoms with van der Waals surface area (Å²) >= 11 is 0. The summed E-state index contributed by atoms with van der Waals surface area (Å²) in [5.41, 5.74) is 8.03. The van der Waals surface area contributed by atoms with Gasteiger partial charge in [-0.3, -0.25) is 9.59 Å². The Bertz CT molecular complexity index is 1030. The van der Waals surface area contributed by atoms with E-state index in [9.17, 15) is 9.59 Å². The molecule has 1 aromatic carbocycles. The Labute approximate surface area is 207 Å². The van der Waals surface area contributed by atoms with Gasteiger partial charge in [0.25, 0.3) is 0 Å². The molecule has 3 atom stereocenters. The summed E-state index contributed by atoms with van der Waals surface area (Å²) in [6.07, 6.45) is 2.69. The first kappa shape index (κ1) is 26.4. The summed E-state index contributed by atoms with van der Waals surface area (Å²) in [7, 11) is 5.67. The average Bonchev–Trinajstić information content (AvgIpc) is 2.84. The van der Waals surface area contributed by atoms with Gasteiger partial charge in [0.05, 0.1) is 24.0 Å². The zero-order valence-corrected chi connectivity index (χ0v) is 21.3. The van der Waals surface area contributed by atoms with Crippen LogP contribution in [0.2, 0.25) is 0 Å². The molecule has 35 heavy (non-hydrogen) atoms. The molecule has 0 spiro atoms. The number of nitrogens with zero attached hydrogens (tertiary/aromatic N) is 3. The SMILES string of the molecule is CCc1cc(NC(=O)C(=O)N2CC(C)C(OC)CC2c2cccc(OCCN(C)C)c2)cnc1N. The van der Waals surface area contributed by atoms with Crippen LogP contribution in [-0.4, -0.2) is 73.6 Å². The van der Waals surface area contributed by atoms with E-state index in [0.717, 1.165) is 23.4 Å². The maximum atomic E-state index is 13.4. The van der Waals surface area contributed by atoms with Crippen molar-refractivity contribution in [2.75, 3.05) is 52.0 Å². The molecule has 3 unspecified atom stereocenters. The van der Waals surface area contributed by atoms with Crippen molar-refractivity contribution in [2.45, 2.75) is 38.8 Å². The molecule has 1 aliphatic heterocycles. The van der Waals surface area contributed by atoms with Crippen molar-refractivity contribution in [1.29, 1.82) is 0 Å². The average molecular weight is 484 g/mol. The van der Waals surface area contributed by atoms with E-state index in [1.807, 2.05) is 52.2 Å². The van der Waals surface area contributed by atoms with E-state index in [2.05, 4.69) is 15.2 Å². The van der Waals surface area contributed by atoms with Gasteiger partial charge >= 0.3 is 11.8 Å². The lowest BCUT2D eigenvalue weighted by Gasteiger charge is -2.42. The van der Waals surface area contributed by atoms with Crippen LogP contribution in [0.25, 0.3) is 0 Å². The second-order valence-corrected chi connectivity index (χ2v) is 9.26. The number of nitrogens with one attached hydrogen (secondary N) is 1. The van der Waals surface area contributed by atoms with Crippen LogP contribution in [0.4, 0.5) is 11.5 Å². The molecule has 190 valence electrons. The number of pyridine rings is 1. The topological polar surface area (TPSA) is 110 Å². The lowest BCUT2D eigenvalue weighted by atomic mass is 9.87.